The quantitative estimate of drug-likeness (QED) is 0.872. The molecule has 3 amide bonds. The highest BCUT2D eigenvalue weighted by molar-refractivity contribution is 5.95. The van der Waals surface area contributed by atoms with Crippen molar-refractivity contribution in [2.45, 2.75) is 6.92 Å². The molecule has 1 saturated heterocycles. The topological polar surface area (TPSA) is 79.0 Å². The van der Waals surface area contributed by atoms with E-state index in [1.54, 1.807) is 11.9 Å². The average molecular weight is 305 g/mol. The first kappa shape index (κ1) is 16.0. The normalized spacial score (nSPS) is 14.1. The summed E-state index contributed by atoms with van der Waals surface area (Å²) in [6.45, 7) is 2.50. The predicted molar refractivity (Wildman–Crippen MR) is 80.4 cm³/mol. The van der Waals surface area contributed by atoms with Gasteiger partial charge >= 0.3 is 6.09 Å². The van der Waals surface area contributed by atoms with Crippen molar-refractivity contribution in [2.24, 2.45) is 0 Å². The predicted octanol–water partition coefficient (Wildman–Crippen LogP) is 0.844. The lowest BCUT2D eigenvalue weighted by atomic mass is 10.2. The molecule has 0 bridgehead atoms. The zero-order chi connectivity index (χ0) is 16.1. The molecule has 118 valence electrons. The van der Waals surface area contributed by atoms with Crippen molar-refractivity contribution in [2.75, 3.05) is 38.6 Å². The SMILES string of the molecule is Cc1ccc(NC(=O)CN(C)CC(=O)N2CCOC2=O)cc1. The molecule has 0 radical (unpaired) electrons. The van der Waals surface area contributed by atoms with Crippen LogP contribution >= 0.6 is 0 Å². The van der Waals surface area contributed by atoms with Crippen LogP contribution in [0.25, 0.3) is 0 Å². The van der Waals surface area contributed by atoms with E-state index in [0.29, 0.717) is 5.69 Å². The minimum Gasteiger partial charge on any atom is -0.447 e. The van der Waals surface area contributed by atoms with Crippen LogP contribution < -0.4 is 5.32 Å². The summed E-state index contributed by atoms with van der Waals surface area (Å²) in [5.41, 5.74) is 1.82. The van der Waals surface area contributed by atoms with Crippen LogP contribution in [0.1, 0.15) is 5.56 Å². The second-order valence-corrected chi connectivity index (χ2v) is 5.25. The molecule has 7 heteroatoms. The van der Waals surface area contributed by atoms with Crippen LogP contribution in [0.4, 0.5) is 10.5 Å². The number of benzene rings is 1. The summed E-state index contributed by atoms with van der Waals surface area (Å²) >= 11 is 0. The van der Waals surface area contributed by atoms with Crippen molar-refractivity contribution in [3.8, 4) is 0 Å². The molecule has 1 N–H and O–H groups in total. The van der Waals surface area contributed by atoms with Crippen LogP contribution in [-0.4, -0.2) is 61.0 Å². The molecule has 1 aliphatic rings. The molecule has 1 heterocycles. The highest BCUT2D eigenvalue weighted by Gasteiger charge is 2.28. The van der Waals surface area contributed by atoms with Crippen LogP contribution in [0.5, 0.6) is 0 Å². The van der Waals surface area contributed by atoms with Gasteiger partial charge in [0.2, 0.25) is 11.8 Å². The maximum atomic E-state index is 11.9. The van der Waals surface area contributed by atoms with E-state index in [9.17, 15) is 14.4 Å². The van der Waals surface area contributed by atoms with Gasteiger partial charge in [0.15, 0.2) is 0 Å². The summed E-state index contributed by atoms with van der Waals surface area (Å²) in [5.74, 6) is -0.587. The Morgan fingerprint density at radius 1 is 1.27 bits per heavy atom. The Labute approximate surface area is 128 Å². The third-order valence-electron chi connectivity index (χ3n) is 3.22. The first-order valence-corrected chi connectivity index (χ1v) is 6.98. The molecule has 0 aromatic heterocycles. The monoisotopic (exact) mass is 305 g/mol. The van der Waals surface area contributed by atoms with Gasteiger partial charge in [0.05, 0.1) is 19.6 Å². The average Bonchev–Trinajstić information content (AvgIpc) is 2.87. The lowest BCUT2D eigenvalue weighted by Gasteiger charge is -2.18. The van der Waals surface area contributed by atoms with Crippen molar-refractivity contribution >= 4 is 23.6 Å². The van der Waals surface area contributed by atoms with Crippen molar-refractivity contribution < 1.29 is 19.1 Å². The standard InChI is InChI=1S/C15H19N3O4/c1-11-3-5-12(6-4-11)16-13(19)9-17(2)10-14(20)18-7-8-22-15(18)21/h3-6H,7-10H2,1-2H3,(H,16,19). The van der Waals surface area contributed by atoms with E-state index in [-0.39, 0.29) is 38.1 Å². The first-order chi connectivity index (χ1) is 10.5. The molecule has 7 nitrogen and oxygen atoms in total. The number of amides is 3. The molecule has 0 saturated carbocycles. The van der Waals surface area contributed by atoms with E-state index >= 15 is 0 Å². The number of ether oxygens (including phenoxy) is 1. The second kappa shape index (κ2) is 7.04. The van der Waals surface area contributed by atoms with E-state index in [1.165, 1.54) is 0 Å². The maximum absolute atomic E-state index is 11.9. The number of nitrogens with one attached hydrogen (secondary N) is 1. The van der Waals surface area contributed by atoms with Crippen LogP contribution in [0.15, 0.2) is 24.3 Å². The van der Waals surface area contributed by atoms with E-state index in [1.807, 2.05) is 31.2 Å². The Balaban J connectivity index is 1.79. The summed E-state index contributed by atoms with van der Waals surface area (Å²) in [6, 6.07) is 7.45. The van der Waals surface area contributed by atoms with Gasteiger partial charge in [-0.3, -0.25) is 14.5 Å². The number of nitrogens with zero attached hydrogens (tertiary/aromatic N) is 2. The highest BCUT2D eigenvalue weighted by Crippen LogP contribution is 2.08. The van der Waals surface area contributed by atoms with E-state index in [2.05, 4.69) is 5.32 Å². The Hall–Kier alpha value is -2.41. The van der Waals surface area contributed by atoms with E-state index in [4.69, 9.17) is 4.74 Å². The van der Waals surface area contributed by atoms with Gasteiger partial charge in [-0.2, -0.15) is 0 Å². The van der Waals surface area contributed by atoms with Gasteiger partial charge in [0, 0.05) is 5.69 Å². The van der Waals surface area contributed by atoms with Gasteiger partial charge in [0.1, 0.15) is 6.61 Å². The molecule has 1 aliphatic heterocycles. The fourth-order valence-corrected chi connectivity index (χ4v) is 2.07. The summed E-state index contributed by atoms with van der Waals surface area (Å²) in [5, 5.41) is 2.75. The number of hydrogen-bond donors (Lipinski definition) is 1. The lowest BCUT2D eigenvalue weighted by Crippen LogP contribution is -2.41. The fraction of sp³-hybridized carbons (Fsp3) is 0.400. The number of carbonyl (C=O) groups is 3. The zero-order valence-electron chi connectivity index (χ0n) is 12.7. The third kappa shape index (κ3) is 4.29. The van der Waals surface area contributed by atoms with Crippen LogP contribution in [0.2, 0.25) is 0 Å². The zero-order valence-corrected chi connectivity index (χ0v) is 12.7. The number of likely N-dealkylation sites (N-methyl/N-ethyl adjacent to an activating group) is 1. The Morgan fingerprint density at radius 3 is 2.55 bits per heavy atom. The molecule has 0 unspecified atom stereocenters. The lowest BCUT2D eigenvalue weighted by molar-refractivity contribution is -0.129. The number of cyclic esters (lactones) is 1. The first-order valence-electron chi connectivity index (χ1n) is 6.98. The van der Waals surface area contributed by atoms with Gasteiger partial charge < -0.3 is 10.1 Å². The molecule has 1 fully saturated rings. The smallest absolute Gasteiger partial charge is 0.416 e. The molecule has 1 aromatic carbocycles. The number of carbonyl (C=O) groups excluding carboxylic acids is 3. The Bertz CT molecular complexity index is 571. The summed E-state index contributed by atoms with van der Waals surface area (Å²) < 4.78 is 4.71. The summed E-state index contributed by atoms with van der Waals surface area (Å²) in [7, 11) is 1.65. The molecule has 0 spiro atoms. The number of imide groups is 1. The van der Waals surface area contributed by atoms with Crippen molar-refractivity contribution in [3.63, 3.8) is 0 Å². The van der Waals surface area contributed by atoms with Crippen molar-refractivity contribution in [3.05, 3.63) is 29.8 Å². The molecule has 22 heavy (non-hydrogen) atoms. The van der Waals surface area contributed by atoms with Crippen LogP contribution in [-0.2, 0) is 14.3 Å². The highest BCUT2D eigenvalue weighted by atomic mass is 16.6. The summed E-state index contributed by atoms with van der Waals surface area (Å²) in [4.78, 5) is 37.7. The molecule has 0 aliphatic carbocycles. The van der Waals surface area contributed by atoms with Crippen molar-refractivity contribution in [1.82, 2.24) is 9.80 Å². The number of rotatable bonds is 5. The third-order valence-corrected chi connectivity index (χ3v) is 3.22. The molecular formula is C15H19N3O4. The summed E-state index contributed by atoms with van der Waals surface area (Å²) in [6.07, 6.45) is -0.623. The number of anilines is 1. The van der Waals surface area contributed by atoms with Gasteiger partial charge in [-0.05, 0) is 26.1 Å². The Morgan fingerprint density at radius 2 is 1.95 bits per heavy atom. The minimum atomic E-state index is -0.623. The Kier molecular flexibility index (Phi) is 5.11. The van der Waals surface area contributed by atoms with Crippen molar-refractivity contribution in [1.29, 1.82) is 0 Å². The van der Waals surface area contributed by atoms with Gasteiger partial charge in [0.25, 0.3) is 0 Å². The van der Waals surface area contributed by atoms with Crippen LogP contribution in [0.3, 0.4) is 0 Å². The van der Waals surface area contributed by atoms with Gasteiger partial charge in [-0.15, -0.1) is 0 Å². The second-order valence-electron chi connectivity index (χ2n) is 5.25. The number of aryl methyl sites for hydroxylation is 1. The number of hydrogen-bond acceptors (Lipinski definition) is 5. The molecule has 0 atom stereocenters. The molecular weight excluding hydrogens is 286 g/mol. The molecule has 2 rings (SSSR count). The van der Waals surface area contributed by atoms with Crippen LogP contribution in [0, 0.1) is 6.92 Å². The van der Waals surface area contributed by atoms with Gasteiger partial charge in [-0.25, -0.2) is 9.69 Å². The largest absolute Gasteiger partial charge is 0.447 e. The maximum Gasteiger partial charge on any atom is 0.416 e. The fourth-order valence-electron chi connectivity index (χ4n) is 2.07. The van der Waals surface area contributed by atoms with Gasteiger partial charge in [-0.1, -0.05) is 17.7 Å². The van der Waals surface area contributed by atoms with E-state index < -0.39 is 6.09 Å². The minimum absolute atomic E-state index is 0.0174. The van der Waals surface area contributed by atoms with E-state index in [0.717, 1.165) is 10.5 Å². The molecule has 1 aromatic rings.